The molecule has 4 aromatic rings. The van der Waals surface area contributed by atoms with E-state index in [1.54, 1.807) is 6.20 Å². The lowest BCUT2D eigenvalue weighted by molar-refractivity contribution is 0.408. The maximum absolute atomic E-state index is 4.35. The van der Waals surface area contributed by atoms with Crippen molar-refractivity contribution in [2.75, 3.05) is 0 Å². The zero-order valence-electron chi connectivity index (χ0n) is 25.4. The SMILES string of the molecule is CC(C)(C)C.CC(C)(C)C.CC(C)(C)n1cnc2ccccc21.CC(C)(C)n1cnc2ncccc21. The molecule has 0 unspecified atom stereocenters. The zero-order valence-corrected chi connectivity index (χ0v) is 25.4. The van der Waals surface area contributed by atoms with Crippen LogP contribution < -0.4 is 0 Å². The number of fused-ring (bicyclic) bond motifs is 2. The summed E-state index contributed by atoms with van der Waals surface area (Å²) in [5, 5.41) is 0. The minimum absolute atomic E-state index is 0.0672. The van der Waals surface area contributed by atoms with Gasteiger partial charge in [-0.25, -0.2) is 15.0 Å². The fraction of sp³-hybridized carbons (Fsp3) is 0.581. The van der Waals surface area contributed by atoms with Crippen LogP contribution in [0.4, 0.5) is 0 Å². The highest BCUT2D eigenvalue weighted by molar-refractivity contribution is 5.75. The molecule has 200 valence electrons. The molecule has 0 bridgehead atoms. The van der Waals surface area contributed by atoms with E-state index in [0.717, 1.165) is 16.7 Å². The van der Waals surface area contributed by atoms with Crippen LogP contribution in [0.25, 0.3) is 22.2 Å². The summed E-state index contributed by atoms with van der Waals surface area (Å²) in [6.45, 7) is 30.5. The lowest BCUT2D eigenvalue weighted by atomic mass is 10.0. The van der Waals surface area contributed by atoms with Gasteiger partial charge >= 0.3 is 0 Å². The predicted molar refractivity (Wildman–Crippen MR) is 158 cm³/mol. The van der Waals surface area contributed by atoms with Crippen molar-refractivity contribution in [2.45, 2.75) is 108 Å². The van der Waals surface area contributed by atoms with Crippen molar-refractivity contribution in [1.29, 1.82) is 0 Å². The van der Waals surface area contributed by atoms with Crippen LogP contribution in [-0.2, 0) is 11.1 Å². The first-order valence-corrected chi connectivity index (χ1v) is 12.9. The van der Waals surface area contributed by atoms with Crippen molar-refractivity contribution < 1.29 is 0 Å². The molecule has 3 aromatic heterocycles. The molecule has 0 amide bonds. The van der Waals surface area contributed by atoms with Crippen LogP contribution in [0.2, 0.25) is 0 Å². The average Bonchev–Trinajstić information content (AvgIpc) is 3.30. The Morgan fingerprint density at radius 2 is 0.917 bits per heavy atom. The number of aromatic nitrogens is 5. The van der Waals surface area contributed by atoms with Gasteiger partial charge in [0.05, 0.1) is 29.2 Å². The maximum atomic E-state index is 4.35. The molecule has 0 atom stereocenters. The lowest BCUT2D eigenvalue weighted by Gasteiger charge is -2.21. The highest BCUT2D eigenvalue weighted by Crippen LogP contribution is 2.21. The summed E-state index contributed by atoms with van der Waals surface area (Å²) >= 11 is 0. The molecule has 3 heterocycles. The van der Waals surface area contributed by atoms with E-state index in [1.807, 2.05) is 43.0 Å². The van der Waals surface area contributed by atoms with E-state index in [4.69, 9.17) is 0 Å². The van der Waals surface area contributed by atoms with E-state index in [0.29, 0.717) is 10.8 Å². The number of para-hydroxylation sites is 2. The summed E-state index contributed by atoms with van der Waals surface area (Å²) < 4.78 is 4.33. The van der Waals surface area contributed by atoms with Gasteiger partial charge in [0.15, 0.2) is 5.65 Å². The molecular formula is C31H51N5. The van der Waals surface area contributed by atoms with Crippen LogP contribution in [0.3, 0.4) is 0 Å². The maximum Gasteiger partial charge on any atom is 0.177 e. The van der Waals surface area contributed by atoms with Gasteiger partial charge in [0.25, 0.3) is 0 Å². The molecule has 0 fully saturated rings. The number of benzene rings is 1. The van der Waals surface area contributed by atoms with Gasteiger partial charge in [-0.2, -0.15) is 0 Å². The molecule has 4 rings (SSSR count). The number of imidazole rings is 2. The summed E-state index contributed by atoms with van der Waals surface area (Å²) in [7, 11) is 0. The van der Waals surface area contributed by atoms with Crippen molar-refractivity contribution >= 4 is 22.2 Å². The number of rotatable bonds is 0. The van der Waals surface area contributed by atoms with E-state index >= 15 is 0 Å². The molecule has 0 saturated heterocycles. The Morgan fingerprint density at radius 3 is 1.42 bits per heavy atom. The molecule has 1 aromatic carbocycles. The molecule has 0 radical (unpaired) electrons. The summed E-state index contributed by atoms with van der Waals surface area (Å²) in [6, 6.07) is 12.2. The molecule has 5 heteroatoms. The first-order chi connectivity index (χ1) is 16.2. The Labute approximate surface area is 220 Å². The fourth-order valence-electron chi connectivity index (χ4n) is 2.88. The van der Waals surface area contributed by atoms with Crippen LogP contribution in [0, 0.1) is 10.8 Å². The van der Waals surface area contributed by atoms with E-state index in [9.17, 15) is 0 Å². The van der Waals surface area contributed by atoms with E-state index in [-0.39, 0.29) is 11.1 Å². The third-order valence-corrected chi connectivity index (χ3v) is 4.22. The molecule has 0 aliphatic heterocycles. The van der Waals surface area contributed by atoms with Crippen LogP contribution >= 0.6 is 0 Å². The number of pyridine rings is 1. The first kappa shape index (κ1) is 31.3. The Kier molecular flexibility index (Phi) is 10.5. The molecular weight excluding hydrogens is 442 g/mol. The quantitative estimate of drug-likeness (QED) is 0.245. The largest absolute Gasteiger partial charge is 0.325 e. The Hall–Kier alpha value is -2.69. The second-order valence-corrected chi connectivity index (χ2v) is 14.4. The van der Waals surface area contributed by atoms with Gasteiger partial charge in [0, 0.05) is 17.3 Å². The summed E-state index contributed by atoms with van der Waals surface area (Å²) in [5.41, 5.74) is 5.35. The number of hydrogen-bond donors (Lipinski definition) is 0. The second kappa shape index (κ2) is 12.0. The molecule has 0 spiro atoms. The van der Waals surface area contributed by atoms with Crippen molar-refractivity contribution in [3.63, 3.8) is 0 Å². The molecule has 36 heavy (non-hydrogen) atoms. The van der Waals surface area contributed by atoms with Crippen LogP contribution in [-0.4, -0.2) is 24.1 Å². The highest BCUT2D eigenvalue weighted by atomic mass is 15.1. The molecule has 5 nitrogen and oxygen atoms in total. The summed E-state index contributed by atoms with van der Waals surface area (Å²) in [6.07, 6.45) is 5.52. The van der Waals surface area contributed by atoms with E-state index < -0.39 is 0 Å². The zero-order chi connectivity index (χ0) is 27.9. The van der Waals surface area contributed by atoms with E-state index in [2.05, 4.69) is 127 Å². The second-order valence-electron chi connectivity index (χ2n) is 14.4. The topological polar surface area (TPSA) is 48.5 Å². The van der Waals surface area contributed by atoms with Gasteiger partial charge < -0.3 is 9.13 Å². The van der Waals surface area contributed by atoms with Crippen LogP contribution in [0.5, 0.6) is 0 Å². The van der Waals surface area contributed by atoms with Crippen molar-refractivity contribution in [3.05, 3.63) is 55.2 Å². The molecule has 0 saturated carbocycles. The van der Waals surface area contributed by atoms with Gasteiger partial charge in [-0.15, -0.1) is 0 Å². The standard InChI is InChI=1S/C11H14N2.C10H13N3.2C5H12/c1-11(2,3)13-8-12-9-6-4-5-7-10(9)13;1-10(2,3)13-7-12-9-8(13)5-4-6-11-9;2*1-5(2,3)4/h4-8H,1-3H3;4-7H,1-3H3;2*1-4H3. The third kappa shape index (κ3) is 11.8. The van der Waals surface area contributed by atoms with Crippen molar-refractivity contribution in [2.24, 2.45) is 10.8 Å². The Morgan fingerprint density at radius 1 is 0.500 bits per heavy atom. The molecule has 0 aliphatic carbocycles. The van der Waals surface area contributed by atoms with Gasteiger partial charge in [0.2, 0.25) is 0 Å². The van der Waals surface area contributed by atoms with Gasteiger partial charge in [-0.3, -0.25) is 0 Å². The lowest BCUT2D eigenvalue weighted by Crippen LogP contribution is -2.20. The third-order valence-electron chi connectivity index (χ3n) is 4.22. The smallest absolute Gasteiger partial charge is 0.177 e. The van der Waals surface area contributed by atoms with Crippen LogP contribution in [0.1, 0.15) is 96.9 Å². The van der Waals surface area contributed by atoms with Gasteiger partial charge in [0.1, 0.15) is 0 Å². The van der Waals surface area contributed by atoms with Gasteiger partial charge in [-0.1, -0.05) is 67.5 Å². The van der Waals surface area contributed by atoms with E-state index in [1.165, 1.54) is 5.52 Å². The number of nitrogens with zero attached hydrogens (tertiary/aromatic N) is 5. The number of hydrogen-bond acceptors (Lipinski definition) is 3. The monoisotopic (exact) mass is 493 g/mol. The van der Waals surface area contributed by atoms with Gasteiger partial charge in [-0.05, 0) is 76.6 Å². The minimum Gasteiger partial charge on any atom is -0.325 e. The average molecular weight is 494 g/mol. The Bertz CT molecular complexity index is 1080. The molecule has 0 N–H and O–H groups in total. The first-order valence-electron chi connectivity index (χ1n) is 12.9. The van der Waals surface area contributed by atoms with Crippen molar-refractivity contribution in [1.82, 2.24) is 24.1 Å². The van der Waals surface area contributed by atoms with Crippen LogP contribution in [0.15, 0.2) is 55.2 Å². The minimum atomic E-state index is 0.0672. The highest BCUT2D eigenvalue weighted by Gasteiger charge is 2.16. The normalized spacial score (nSPS) is 12.2. The summed E-state index contributed by atoms with van der Waals surface area (Å²) in [4.78, 5) is 12.8. The summed E-state index contributed by atoms with van der Waals surface area (Å²) in [5.74, 6) is 0. The molecule has 0 aliphatic rings. The Balaban J connectivity index is 0.000000266. The predicted octanol–water partition coefficient (Wildman–Crippen LogP) is 9.08. The van der Waals surface area contributed by atoms with Crippen molar-refractivity contribution in [3.8, 4) is 0 Å². The fourth-order valence-corrected chi connectivity index (χ4v) is 2.88.